The van der Waals surface area contributed by atoms with Crippen LogP contribution in [0.5, 0.6) is 0 Å². The van der Waals surface area contributed by atoms with Gasteiger partial charge in [0, 0.05) is 30.9 Å². The lowest BCUT2D eigenvalue weighted by molar-refractivity contribution is -0.156. The van der Waals surface area contributed by atoms with Gasteiger partial charge in [0.25, 0.3) is 5.91 Å². The van der Waals surface area contributed by atoms with E-state index in [1.54, 1.807) is 6.20 Å². The predicted octanol–water partition coefficient (Wildman–Crippen LogP) is 1.02. The minimum atomic E-state index is -0.716. The van der Waals surface area contributed by atoms with Crippen LogP contribution in [0.1, 0.15) is 36.1 Å². The number of nitrogen functional groups attached to an aromatic ring is 1. The Balaban J connectivity index is 1.44. The smallest absolute Gasteiger partial charge is 0.254 e. The molecule has 0 spiro atoms. The van der Waals surface area contributed by atoms with E-state index in [1.165, 1.54) is 0 Å². The number of carbonyl (C=O) groups is 2. The largest absolute Gasteiger partial charge is 0.368 e. The molecule has 0 bridgehead atoms. The highest BCUT2D eigenvalue weighted by molar-refractivity contribution is 5.86. The van der Waals surface area contributed by atoms with Crippen LogP contribution in [0.25, 0.3) is 0 Å². The van der Waals surface area contributed by atoms with E-state index in [4.69, 9.17) is 10.5 Å². The van der Waals surface area contributed by atoms with Gasteiger partial charge in [-0.05, 0) is 24.5 Å². The zero-order chi connectivity index (χ0) is 19.5. The van der Waals surface area contributed by atoms with Gasteiger partial charge in [0.05, 0.1) is 6.04 Å². The van der Waals surface area contributed by atoms with E-state index in [0.29, 0.717) is 13.1 Å². The van der Waals surface area contributed by atoms with E-state index in [-0.39, 0.29) is 30.3 Å². The van der Waals surface area contributed by atoms with Crippen LogP contribution in [-0.2, 0) is 14.3 Å². The zero-order valence-electron chi connectivity index (χ0n) is 15.5. The van der Waals surface area contributed by atoms with Crippen molar-refractivity contribution < 1.29 is 14.3 Å². The number of nitrogens with zero attached hydrogens (tertiary/aromatic N) is 3. The molecule has 28 heavy (non-hydrogen) atoms. The molecule has 1 aromatic heterocycles. The van der Waals surface area contributed by atoms with Crippen LogP contribution in [-0.4, -0.2) is 52.5 Å². The van der Waals surface area contributed by atoms with E-state index >= 15 is 0 Å². The molecule has 8 heteroatoms. The molecule has 2 atom stereocenters. The molecule has 0 radical (unpaired) electrons. The molecule has 2 aromatic rings. The van der Waals surface area contributed by atoms with E-state index in [1.807, 2.05) is 41.3 Å². The first-order chi connectivity index (χ1) is 13.6. The van der Waals surface area contributed by atoms with Crippen LogP contribution in [0.4, 0.5) is 5.95 Å². The summed E-state index contributed by atoms with van der Waals surface area (Å²) in [4.78, 5) is 35.0. The number of likely N-dealkylation sites (tertiary alicyclic amines) is 1. The summed E-state index contributed by atoms with van der Waals surface area (Å²) < 4.78 is 5.66. The number of benzene rings is 1. The fourth-order valence-corrected chi connectivity index (χ4v) is 3.88. The summed E-state index contributed by atoms with van der Waals surface area (Å²) in [7, 11) is 0. The van der Waals surface area contributed by atoms with Gasteiger partial charge in [0.15, 0.2) is 6.10 Å². The standard InChI is InChI=1S/C20H23N5O3/c21-20-22-9-6-15(23-20)13-7-10-25(11-8-13)19(27)18-17(24-16(26)12-28-18)14-4-2-1-3-5-14/h1-6,9,13,17-18H,7-8,10-12H2,(H,24,26)(H2,21,22,23)/t17-,18+/m1/s1. The quantitative estimate of drug-likeness (QED) is 0.821. The Morgan fingerprint density at radius 1 is 1.18 bits per heavy atom. The first-order valence-corrected chi connectivity index (χ1v) is 9.45. The van der Waals surface area contributed by atoms with E-state index in [0.717, 1.165) is 24.1 Å². The summed E-state index contributed by atoms with van der Waals surface area (Å²) in [5, 5.41) is 2.90. The first kappa shape index (κ1) is 18.4. The number of anilines is 1. The number of morpholine rings is 1. The highest BCUT2D eigenvalue weighted by atomic mass is 16.5. The van der Waals surface area contributed by atoms with Gasteiger partial charge in [-0.1, -0.05) is 30.3 Å². The Kier molecular flexibility index (Phi) is 5.21. The fraction of sp³-hybridized carbons (Fsp3) is 0.400. The lowest BCUT2D eigenvalue weighted by Crippen LogP contribution is -2.54. The van der Waals surface area contributed by atoms with Gasteiger partial charge in [0.1, 0.15) is 6.61 Å². The van der Waals surface area contributed by atoms with Crippen molar-refractivity contribution in [1.29, 1.82) is 0 Å². The second kappa shape index (κ2) is 7.93. The highest BCUT2D eigenvalue weighted by Gasteiger charge is 2.39. The maximum absolute atomic E-state index is 13.1. The molecule has 0 saturated carbocycles. The SMILES string of the molecule is Nc1nccc(C2CCN(C(=O)[C@H]3OCC(=O)N[C@@H]3c3ccccc3)CC2)n1. The van der Waals surface area contributed by atoms with Gasteiger partial charge in [-0.2, -0.15) is 0 Å². The molecule has 2 saturated heterocycles. The third-order valence-corrected chi connectivity index (χ3v) is 5.34. The lowest BCUT2D eigenvalue weighted by atomic mass is 9.92. The predicted molar refractivity (Wildman–Crippen MR) is 102 cm³/mol. The van der Waals surface area contributed by atoms with Crippen LogP contribution in [0.15, 0.2) is 42.6 Å². The molecule has 3 heterocycles. The van der Waals surface area contributed by atoms with Crippen LogP contribution < -0.4 is 11.1 Å². The van der Waals surface area contributed by atoms with Gasteiger partial charge in [0.2, 0.25) is 11.9 Å². The van der Waals surface area contributed by atoms with Crippen LogP contribution in [0, 0.1) is 0 Å². The number of aromatic nitrogens is 2. The third kappa shape index (κ3) is 3.82. The van der Waals surface area contributed by atoms with Gasteiger partial charge < -0.3 is 20.7 Å². The number of ether oxygens (including phenoxy) is 1. The maximum atomic E-state index is 13.1. The summed E-state index contributed by atoms with van der Waals surface area (Å²) in [5.41, 5.74) is 7.46. The van der Waals surface area contributed by atoms with Crippen LogP contribution in [0.2, 0.25) is 0 Å². The second-order valence-electron chi connectivity index (χ2n) is 7.13. The lowest BCUT2D eigenvalue weighted by Gasteiger charge is -2.38. The zero-order valence-corrected chi connectivity index (χ0v) is 15.5. The molecule has 8 nitrogen and oxygen atoms in total. The van der Waals surface area contributed by atoms with Crippen molar-refractivity contribution in [3.05, 3.63) is 53.9 Å². The van der Waals surface area contributed by atoms with Crippen molar-refractivity contribution in [2.24, 2.45) is 0 Å². The normalized spacial score (nSPS) is 23.3. The Morgan fingerprint density at radius 2 is 1.93 bits per heavy atom. The number of carbonyl (C=O) groups excluding carboxylic acids is 2. The monoisotopic (exact) mass is 381 g/mol. The van der Waals surface area contributed by atoms with E-state index < -0.39 is 12.1 Å². The Hall–Kier alpha value is -3.00. The van der Waals surface area contributed by atoms with Crippen molar-refractivity contribution in [2.45, 2.75) is 30.9 Å². The van der Waals surface area contributed by atoms with Gasteiger partial charge in [-0.15, -0.1) is 0 Å². The summed E-state index contributed by atoms with van der Waals surface area (Å²) in [5.74, 6) is 0.228. The molecular weight excluding hydrogens is 358 g/mol. The molecule has 1 aromatic carbocycles. The maximum Gasteiger partial charge on any atom is 0.254 e. The average Bonchev–Trinajstić information content (AvgIpc) is 2.74. The van der Waals surface area contributed by atoms with Crippen molar-refractivity contribution in [3.63, 3.8) is 0 Å². The van der Waals surface area contributed by atoms with E-state index in [2.05, 4.69) is 15.3 Å². The summed E-state index contributed by atoms with van der Waals surface area (Å²) in [6, 6.07) is 10.9. The fourth-order valence-electron chi connectivity index (χ4n) is 3.88. The Bertz CT molecular complexity index is 852. The molecule has 146 valence electrons. The first-order valence-electron chi connectivity index (χ1n) is 9.45. The summed E-state index contributed by atoms with van der Waals surface area (Å²) in [6.07, 6.45) is 2.55. The Morgan fingerprint density at radius 3 is 2.64 bits per heavy atom. The minimum Gasteiger partial charge on any atom is -0.368 e. The molecule has 2 aliphatic rings. The van der Waals surface area contributed by atoms with Crippen LogP contribution in [0.3, 0.4) is 0 Å². The van der Waals surface area contributed by atoms with Crippen molar-refractivity contribution in [1.82, 2.24) is 20.2 Å². The number of nitrogens with two attached hydrogens (primary N) is 1. The molecular formula is C20H23N5O3. The molecule has 0 aliphatic carbocycles. The second-order valence-corrected chi connectivity index (χ2v) is 7.13. The number of rotatable bonds is 3. The molecule has 2 amide bonds. The van der Waals surface area contributed by atoms with E-state index in [9.17, 15) is 9.59 Å². The summed E-state index contributed by atoms with van der Waals surface area (Å²) >= 11 is 0. The number of nitrogens with one attached hydrogen (secondary N) is 1. The van der Waals surface area contributed by atoms with Crippen molar-refractivity contribution in [3.8, 4) is 0 Å². The number of hydrogen-bond acceptors (Lipinski definition) is 6. The van der Waals surface area contributed by atoms with Gasteiger partial charge in [-0.3, -0.25) is 9.59 Å². The van der Waals surface area contributed by atoms with Gasteiger partial charge >= 0.3 is 0 Å². The highest BCUT2D eigenvalue weighted by Crippen LogP contribution is 2.29. The average molecular weight is 381 g/mol. The number of piperidine rings is 1. The molecule has 2 fully saturated rings. The number of amides is 2. The Labute approximate surface area is 163 Å². The van der Waals surface area contributed by atoms with Crippen molar-refractivity contribution in [2.75, 3.05) is 25.4 Å². The third-order valence-electron chi connectivity index (χ3n) is 5.34. The topological polar surface area (TPSA) is 110 Å². The number of hydrogen-bond donors (Lipinski definition) is 2. The molecule has 4 rings (SSSR count). The minimum absolute atomic E-state index is 0.0884. The molecule has 2 aliphatic heterocycles. The molecule has 0 unspecified atom stereocenters. The van der Waals surface area contributed by atoms with Gasteiger partial charge in [-0.25, -0.2) is 9.97 Å². The summed E-state index contributed by atoms with van der Waals surface area (Å²) in [6.45, 7) is 1.13. The van der Waals surface area contributed by atoms with Crippen LogP contribution >= 0.6 is 0 Å². The van der Waals surface area contributed by atoms with Crippen molar-refractivity contribution >= 4 is 17.8 Å². The molecule has 3 N–H and O–H groups in total.